The smallest absolute Gasteiger partial charge is 0.252 e. The van der Waals surface area contributed by atoms with Gasteiger partial charge in [0, 0.05) is 79.9 Å². The molecule has 2 unspecified atom stereocenters. The van der Waals surface area contributed by atoms with Gasteiger partial charge in [0.2, 0.25) is 0 Å². The van der Waals surface area contributed by atoms with Crippen LogP contribution in [0.2, 0.25) is 0 Å². The van der Waals surface area contributed by atoms with Crippen molar-refractivity contribution < 1.29 is 0 Å². The molecule has 0 spiro atoms. The lowest BCUT2D eigenvalue weighted by atomic mass is 9.33. The van der Waals surface area contributed by atoms with E-state index >= 15 is 0 Å². The molecule has 3 aliphatic heterocycles. The third-order valence-electron chi connectivity index (χ3n) is 17.8. The summed E-state index contributed by atoms with van der Waals surface area (Å²) in [5.74, 6) is 0. The van der Waals surface area contributed by atoms with Gasteiger partial charge in [0.05, 0.1) is 16.9 Å². The van der Waals surface area contributed by atoms with Crippen molar-refractivity contribution in [2.75, 3.05) is 14.7 Å². The van der Waals surface area contributed by atoms with Gasteiger partial charge < -0.3 is 14.7 Å². The van der Waals surface area contributed by atoms with Gasteiger partial charge in [0.1, 0.15) is 0 Å². The predicted octanol–water partition coefficient (Wildman–Crippen LogP) is 17.5. The molecule has 354 valence electrons. The molecule has 1 fully saturated rings. The van der Waals surface area contributed by atoms with Crippen LogP contribution in [0.3, 0.4) is 0 Å². The molecule has 11 aromatic rings. The molecule has 2 atom stereocenters. The Hall–Kier alpha value is -7.12. The molecule has 0 saturated heterocycles. The number of hydrogen-bond donors (Lipinski definition) is 0. The fraction of sp³-hybridized carbons (Fsp3) is 0.194. The Bertz CT molecular complexity index is 4120. The minimum atomic E-state index is -0.0955. The number of thiophene rings is 2. The molecule has 4 aliphatic rings. The highest BCUT2D eigenvalue weighted by Crippen LogP contribution is 2.62. The van der Waals surface area contributed by atoms with Crippen molar-refractivity contribution in [2.24, 2.45) is 0 Å². The van der Waals surface area contributed by atoms with E-state index in [1.807, 2.05) is 22.7 Å². The Balaban J connectivity index is 1.04. The molecular weight excluding hydrogens is 922 g/mol. The van der Waals surface area contributed by atoms with Gasteiger partial charge in [-0.2, -0.15) is 0 Å². The lowest BCUT2D eigenvalue weighted by molar-refractivity contribution is 0.195. The van der Waals surface area contributed by atoms with Gasteiger partial charge >= 0.3 is 0 Å². The van der Waals surface area contributed by atoms with Crippen LogP contribution in [0.1, 0.15) is 77.0 Å². The van der Waals surface area contributed by atoms with Crippen molar-refractivity contribution >= 4 is 132 Å². The molecule has 9 aromatic carbocycles. The molecule has 73 heavy (non-hydrogen) atoms. The molecule has 6 heteroatoms. The summed E-state index contributed by atoms with van der Waals surface area (Å²) in [5.41, 5.74) is 20.7. The first-order chi connectivity index (χ1) is 35.5. The van der Waals surface area contributed by atoms with Crippen LogP contribution in [0.25, 0.3) is 51.5 Å². The van der Waals surface area contributed by atoms with Crippen LogP contribution in [0.15, 0.2) is 182 Å². The summed E-state index contributed by atoms with van der Waals surface area (Å²) in [6.45, 7) is 14.5. The molecule has 5 heterocycles. The fourth-order valence-corrected chi connectivity index (χ4v) is 16.3. The first-order valence-corrected chi connectivity index (χ1v) is 28.0. The standard InChI is InChI=1S/C67H56BN3S2/c1-41-36-56-64-57(37-41)70(53-23-17-27-61-63(53)47-21-11-13-25-59(47)73-61)55-40-45(71-51-33-29-44(65(2,3)4)39-48(51)66(5)34-14-15-35-67(66,71)6)30-32-50(55)68(64)49-31-28-43(42-18-8-7-9-19-42)38-54(49)69(56)52-22-16-26-60-62(52)46-20-10-12-24-58(46)72-60/h7-13,16-33,36-40H,14-15,34-35H2,1-6H3. The first-order valence-electron chi connectivity index (χ1n) is 26.3. The number of benzene rings is 9. The zero-order valence-electron chi connectivity index (χ0n) is 42.4. The van der Waals surface area contributed by atoms with E-state index in [1.165, 1.54) is 149 Å². The van der Waals surface area contributed by atoms with Gasteiger partial charge in [0.15, 0.2) is 0 Å². The largest absolute Gasteiger partial charge is 0.334 e. The Morgan fingerprint density at radius 2 is 1.05 bits per heavy atom. The van der Waals surface area contributed by atoms with Gasteiger partial charge in [-0.3, -0.25) is 0 Å². The van der Waals surface area contributed by atoms with Crippen LogP contribution < -0.4 is 31.1 Å². The zero-order valence-corrected chi connectivity index (χ0v) is 44.0. The zero-order chi connectivity index (χ0) is 49.1. The molecular formula is C67H56BN3S2. The van der Waals surface area contributed by atoms with Gasteiger partial charge in [-0.1, -0.05) is 150 Å². The predicted molar refractivity (Wildman–Crippen MR) is 318 cm³/mol. The monoisotopic (exact) mass is 977 g/mol. The van der Waals surface area contributed by atoms with Gasteiger partial charge in [0.25, 0.3) is 6.71 Å². The maximum Gasteiger partial charge on any atom is 0.252 e. The Morgan fingerprint density at radius 1 is 0.479 bits per heavy atom. The summed E-state index contributed by atoms with van der Waals surface area (Å²) in [6, 6.07) is 70.3. The fourth-order valence-electron chi connectivity index (χ4n) is 14.1. The Kier molecular flexibility index (Phi) is 9.20. The Morgan fingerprint density at radius 3 is 1.70 bits per heavy atom. The highest BCUT2D eigenvalue weighted by atomic mass is 32.1. The van der Waals surface area contributed by atoms with Crippen LogP contribution in [-0.2, 0) is 10.8 Å². The summed E-state index contributed by atoms with van der Waals surface area (Å²) in [6.07, 6.45) is 4.83. The lowest BCUT2D eigenvalue weighted by Gasteiger charge is -2.50. The number of anilines is 8. The van der Waals surface area contributed by atoms with E-state index in [-0.39, 0.29) is 23.1 Å². The number of fused-ring (bicyclic) bond motifs is 13. The number of rotatable bonds is 4. The quantitative estimate of drug-likeness (QED) is 0.163. The summed E-state index contributed by atoms with van der Waals surface area (Å²) < 4.78 is 5.25. The van der Waals surface area contributed by atoms with Crippen LogP contribution in [0.5, 0.6) is 0 Å². The first kappa shape index (κ1) is 43.5. The second kappa shape index (κ2) is 15.5. The maximum atomic E-state index is 2.79. The second-order valence-corrected chi connectivity index (χ2v) is 25.0. The van der Waals surface area contributed by atoms with Gasteiger partial charge in [-0.15, -0.1) is 22.7 Å². The van der Waals surface area contributed by atoms with E-state index in [9.17, 15) is 0 Å². The molecule has 1 saturated carbocycles. The van der Waals surface area contributed by atoms with Crippen LogP contribution in [-0.4, -0.2) is 12.3 Å². The van der Waals surface area contributed by atoms with Crippen LogP contribution >= 0.6 is 22.7 Å². The van der Waals surface area contributed by atoms with Crippen molar-refractivity contribution in [2.45, 2.75) is 83.6 Å². The van der Waals surface area contributed by atoms with Crippen molar-refractivity contribution in [1.82, 2.24) is 0 Å². The van der Waals surface area contributed by atoms with Crippen molar-refractivity contribution in [3.63, 3.8) is 0 Å². The van der Waals surface area contributed by atoms with E-state index in [2.05, 4.69) is 238 Å². The summed E-state index contributed by atoms with van der Waals surface area (Å²) in [5, 5.41) is 5.24. The highest BCUT2D eigenvalue weighted by molar-refractivity contribution is 7.26. The summed E-state index contributed by atoms with van der Waals surface area (Å²) in [4.78, 5) is 8.12. The van der Waals surface area contributed by atoms with Crippen LogP contribution in [0, 0.1) is 6.92 Å². The van der Waals surface area contributed by atoms with E-state index in [4.69, 9.17) is 0 Å². The third-order valence-corrected chi connectivity index (χ3v) is 20.1. The average molecular weight is 978 g/mol. The van der Waals surface area contributed by atoms with Crippen molar-refractivity contribution in [3.8, 4) is 11.1 Å². The highest BCUT2D eigenvalue weighted by Gasteiger charge is 2.58. The molecule has 0 N–H and O–H groups in total. The van der Waals surface area contributed by atoms with E-state index in [0.717, 1.165) is 6.42 Å². The maximum absolute atomic E-state index is 2.79. The topological polar surface area (TPSA) is 9.72 Å². The second-order valence-electron chi connectivity index (χ2n) is 22.8. The molecule has 2 aromatic heterocycles. The molecule has 0 amide bonds. The number of nitrogens with zero attached hydrogens (tertiary/aromatic N) is 3. The molecule has 3 nitrogen and oxygen atoms in total. The summed E-state index contributed by atoms with van der Waals surface area (Å²) in [7, 11) is 0. The molecule has 1 aliphatic carbocycles. The van der Waals surface area contributed by atoms with Crippen LogP contribution in [0.4, 0.5) is 45.5 Å². The number of hydrogen-bond acceptors (Lipinski definition) is 5. The minimum absolute atomic E-state index is 0.0100. The van der Waals surface area contributed by atoms with Gasteiger partial charge in [-0.25, -0.2) is 0 Å². The lowest BCUT2D eigenvalue weighted by Crippen LogP contribution is -2.61. The third kappa shape index (κ3) is 6.05. The normalized spacial score (nSPS) is 18.9. The van der Waals surface area contributed by atoms with E-state index < -0.39 is 0 Å². The van der Waals surface area contributed by atoms with Crippen molar-refractivity contribution in [1.29, 1.82) is 0 Å². The molecule has 15 rings (SSSR count). The van der Waals surface area contributed by atoms with E-state index in [0.29, 0.717) is 0 Å². The molecule has 0 bridgehead atoms. The minimum Gasteiger partial charge on any atom is -0.334 e. The van der Waals surface area contributed by atoms with Crippen molar-refractivity contribution in [3.05, 3.63) is 199 Å². The van der Waals surface area contributed by atoms with Gasteiger partial charge in [-0.05, 0) is 149 Å². The van der Waals surface area contributed by atoms with E-state index in [1.54, 1.807) is 0 Å². The Labute approximate surface area is 437 Å². The average Bonchev–Trinajstić information content (AvgIpc) is 4.05. The SMILES string of the molecule is Cc1cc2c3c(c1)N(c1cccc4sc5ccccc5c14)c1cc(N4c5ccc(C(C)(C)C)cc5C5(C)CCCCC45C)ccc1B3c1ccc(-c3ccccc3)cc1N2c1cccc2sc3ccccc3c12. The molecule has 0 radical (unpaired) electrons. The summed E-state index contributed by atoms with van der Waals surface area (Å²) >= 11 is 3.80. The number of aryl methyl sites for hydroxylation is 1.